The van der Waals surface area contributed by atoms with Gasteiger partial charge in [-0.15, -0.1) is 0 Å². The first-order valence-corrected chi connectivity index (χ1v) is 7.00. The number of nitrogens with one attached hydrogen (secondary N) is 1. The van der Waals surface area contributed by atoms with E-state index in [0.29, 0.717) is 6.04 Å². The lowest BCUT2D eigenvalue weighted by molar-refractivity contribution is 0.530. The first kappa shape index (κ1) is 13.3. The Balaban J connectivity index is 2.01. The van der Waals surface area contributed by atoms with Gasteiger partial charge in [-0.1, -0.05) is 34.1 Å². The molecule has 18 heavy (non-hydrogen) atoms. The van der Waals surface area contributed by atoms with Crippen LogP contribution in [0.4, 0.5) is 0 Å². The molecule has 0 aliphatic carbocycles. The predicted octanol–water partition coefficient (Wildman–Crippen LogP) is 3.52. The van der Waals surface area contributed by atoms with Gasteiger partial charge in [-0.3, -0.25) is 4.68 Å². The Bertz CT molecular complexity index is 507. The van der Waals surface area contributed by atoms with Crippen molar-refractivity contribution >= 4 is 15.9 Å². The number of benzene rings is 1. The van der Waals surface area contributed by atoms with Gasteiger partial charge in [0.25, 0.3) is 0 Å². The SMILES string of the molecule is CCn1nccc1CN[C@H](C)c1ccccc1Br. The summed E-state index contributed by atoms with van der Waals surface area (Å²) in [6, 6.07) is 10.7. The first-order chi connectivity index (χ1) is 8.72. The first-order valence-electron chi connectivity index (χ1n) is 6.21. The number of nitrogens with zero attached hydrogens (tertiary/aromatic N) is 2. The molecule has 1 heterocycles. The van der Waals surface area contributed by atoms with E-state index in [1.165, 1.54) is 11.3 Å². The number of aryl methyl sites for hydroxylation is 1. The fourth-order valence-corrected chi connectivity index (χ4v) is 2.62. The molecule has 0 saturated carbocycles. The Morgan fingerprint density at radius 2 is 2.11 bits per heavy atom. The monoisotopic (exact) mass is 307 g/mol. The van der Waals surface area contributed by atoms with Gasteiger partial charge in [-0.05, 0) is 31.5 Å². The van der Waals surface area contributed by atoms with Crippen molar-refractivity contribution in [1.29, 1.82) is 0 Å². The van der Waals surface area contributed by atoms with Crippen LogP contribution in [0.15, 0.2) is 41.0 Å². The van der Waals surface area contributed by atoms with Crippen molar-refractivity contribution in [3.63, 3.8) is 0 Å². The van der Waals surface area contributed by atoms with Crippen LogP contribution in [0.1, 0.15) is 31.1 Å². The molecule has 1 atom stereocenters. The zero-order valence-electron chi connectivity index (χ0n) is 10.7. The quantitative estimate of drug-likeness (QED) is 0.916. The molecule has 0 spiro atoms. The van der Waals surface area contributed by atoms with E-state index in [4.69, 9.17) is 0 Å². The summed E-state index contributed by atoms with van der Waals surface area (Å²) in [5.74, 6) is 0. The van der Waals surface area contributed by atoms with Crippen LogP contribution in [0, 0.1) is 0 Å². The Morgan fingerprint density at radius 3 is 2.83 bits per heavy atom. The molecular formula is C14H18BrN3. The second kappa shape index (κ2) is 6.16. The van der Waals surface area contributed by atoms with Gasteiger partial charge < -0.3 is 5.32 Å². The van der Waals surface area contributed by atoms with Gasteiger partial charge in [-0.25, -0.2) is 0 Å². The molecule has 3 nitrogen and oxygen atoms in total. The molecule has 0 amide bonds. The molecule has 0 radical (unpaired) electrons. The second-order valence-corrected chi connectivity index (χ2v) is 5.12. The average Bonchev–Trinajstić information content (AvgIpc) is 2.84. The van der Waals surface area contributed by atoms with Gasteiger partial charge in [0.15, 0.2) is 0 Å². The van der Waals surface area contributed by atoms with Gasteiger partial charge >= 0.3 is 0 Å². The standard InChI is InChI=1S/C14H18BrN3/c1-3-18-12(8-9-17-18)10-16-11(2)13-6-4-5-7-14(13)15/h4-9,11,16H,3,10H2,1-2H3/t11-/m1/s1. The lowest BCUT2D eigenvalue weighted by Crippen LogP contribution is -2.20. The minimum absolute atomic E-state index is 0.306. The fourth-order valence-electron chi connectivity index (χ4n) is 1.99. The molecule has 2 rings (SSSR count). The molecule has 0 unspecified atom stereocenters. The van der Waals surface area contributed by atoms with Gasteiger partial charge in [0.2, 0.25) is 0 Å². The van der Waals surface area contributed by atoms with Crippen molar-refractivity contribution in [1.82, 2.24) is 15.1 Å². The molecule has 0 saturated heterocycles. The maximum Gasteiger partial charge on any atom is 0.0522 e. The molecule has 1 aromatic heterocycles. The fraction of sp³-hybridized carbons (Fsp3) is 0.357. The predicted molar refractivity (Wildman–Crippen MR) is 77.3 cm³/mol. The van der Waals surface area contributed by atoms with Crippen LogP contribution in [-0.2, 0) is 13.1 Å². The highest BCUT2D eigenvalue weighted by Crippen LogP contribution is 2.22. The molecule has 1 N–H and O–H groups in total. The van der Waals surface area contributed by atoms with E-state index in [2.05, 4.69) is 64.5 Å². The van der Waals surface area contributed by atoms with Crippen molar-refractivity contribution in [3.8, 4) is 0 Å². The lowest BCUT2D eigenvalue weighted by Gasteiger charge is -2.16. The minimum Gasteiger partial charge on any atom is -0.305 e. The summed E-state index contributed by atoms with van der Waals surface area (Å²) in [5, 5.41) is 7.80. The van der Waals surface area contributed by atoms with Gasteiger partial charge in [-0.2, -0.15) is 5.10 Å². The van der Waals surface area contributed by atoms with Crippen molar-refractivity contribution in [3.05, 3.63) is 52.3 Å². The molecule has 4 heteroatoms. The number of hydrogen-bond acceptors (Lipinski definition) is 2. The maximum atomic E-state index is 4.27. The topological polar surface area (TPSA) is 29.9 Å². The maximum absolute atomic E-state index is 4.27. The van der Waals surface area contributed by atoms with Crippen molar-refractivity contribution in [2.24, 2.45) is 0 Å². The minimum atomic E-state index is 0.306. The normalized spacial score (nSPS) is 12.6. The van der Waals surface area contributed by atoms with Crippen LogP contribution < -0.4 is 5.32 Å². The summed E-state index contributed by atoms with van der Waals surface area (Å²) in [7, 11) is 0. The third kappa shape index (κ3) is 3.00. The summed E-state index contributed by atoms with van der Waals surface area (Å²) in [6.45, 7) is 6.02. The van der Waals surface area contributed by atoms with E-state index in [1.54, 1.807) is 0 Å². The molecule has 0 aliphatic rings. The molecule has 2 aromatic rings. The number of aromatic nitrogens is 2. The lowest BCUT2D eigenvalue weighted by atomic mass is 10.1. The van der Waals surface area contributed by atoms with Crippen LogP contribution in [0.25, 0.3) is 0 Å². The summed E-state index contributed by atoms with van der Waals surface area (Å²) < 4.78 is 3.16. The van der Waals surface area contributed by atoms with Crippen molar-refractivity contribution < 1.29 is 0 Å². The zero-order valence-corrected chi connectivity index (χ0v) is 12.3. The van der Waals surface area contributed by atoms with E-state index < -0.39 is 0 Å². The van der Waals surface area contributed by atoms with Crippen molar-refractivity contribution in [2.75, 3.05) is 0 Å². The Labute approximate surface area is 116 Å². The largest absolute Gasteiger partial charge is 0.305 e. The van der Waals surface area contributed by atoms with E-state index in [0.717, 1.165) is 17.6 Å². The summed E-state index contributed by atoms with van der Waals surface area (Å²) in [5.41, 5.74) is 2.50. The Kier molecular flexibility index (Phi) is 4.55. The number of rotatable bonds is 5. The highest BCUT2D eigenvalue weighted by atomic mass is 79.9. The van der Waals surface area contributed by atoms with Gasteiger partial charge in [0.1, 0.15) is 0 Å². The van der Waals surface area contributed by atoms with Gasteiger partial charge in [0.05, 0.1) is 5.69 Å². The number of halogens is 1. The van der Waals surface area contributed by atoms with E-state index in [9.17, 15) is 0 Å². The van der Waals surface area contributed by atoms with E-state index in [-0.39, 0.29) is 0 Å². The van der Waals surface area contributed by atoms with Crippen LogP contribution in [-0.4, -0.2) is 9.78 Å². The number of hydrogen-bond donors (Lipinski definition) is 1. The van der Waals surface area contributed by atoms with Crippen LogP contribution >= 0.6 is 15.9 Å². The molecule has 0 aliphatic heterocycles. The Hall–Kier alpha value is -1.13. The highest BCUT2D eigenvalue weighted by Gasteiger charge is 2.09. The third-order valence-corrected chi connectivity index (χ3v) is 3.79. The highest BCUT2D eigenvalue weighted by molar-refractivity contribution is 9.10. The van der Waals surface area contributed by atoms with E-state index in [1.807, 2.05) is 16.9 Å². The average molecular weight is 308 g/mol. The van der Waals surface area contributed by atoms with Gasteiger partial charge in [0, 0.05) is 29.8 Å². The molecule has 0 bridgehead atoms. The molecular weight excluding hydrogens is 290 g/mol. The summed E-state index contributed by atoms with van der Waals surface area (Å²) >= 11 is 3.59. The summed E-state index contributed by atoms with van der Waals surface area (Å²) in [6.07, 6.45) is 1.85. The van der Waals surface area contributed by atoms with Crippen molar-refractivity contribution in [2.45, 2.75) is 33.0 Å². The summed E-state index contributed by atoms with van der Waals surface area (Å²) in [4.78, 5) is 0. The van der Waals surface area contributed by atoms with Crippen LogP contribution in [0.3, 0.4) is 0 Å². The van der Waals surface area contributed by atoms with Crippen LogP contribution in [0.5, 0.6) is 0 Å². The molecule has 0 fully saturated rings. The van der Waals surface area contributed by atoms with Crippen LogP contribution in [0.2, 0.25) is 0 Å². The molecule has 96 valence electrons. The zero-order chi connectivity index (χ0) is 13.0. The smallest absolute Gasteiger partial charge is 0.0522 e. The molecule has 1 aromatic carbocycles. The third-order valence-electron chi connectivity index (χ3n) is 3.07. The van der Waals surface area contributed by atoms with E-state index >= 15 is 0 Å². The Morgan fingerprint density at radius 1 is 1.33 bits per heavy atom. The second-order valence-electron chi connectivity index (χ2n) is 4.26.